The van der Waals surface area contributed by atoms with Gasteiger partial charge in [0.05, 0.1) is 23.7 Å². The van der Waals surface area contributed by atoms with Crippen LogP contribution in [-0.4, -0.2) is 41.5 Å². The summed E-state index contributed by atoms with van der Waals surface area (Å²) in [6, 6.07) is 2.12. The van der Waals surface area contributed by atoms with Crippen LogP contribution >= 0.6 is 23.2 Å². The van der Waals surface area contributed by atoms with Crippen LogP contribution < -0.4 is 15.4 Å². The van der Waals surface area contributed by atoms with E-state index in [-0.39, 0.29) is 15.8 Å². The lowest BCUT2D eigenvalue weighted by atomic mass is 10.1. The minimum Gasteiger partial charge on any atom is -0.494 e. The number of amides is 2. The molecule has 9 heteroatoms. The summed E-state index contributed by atoms with van der Waals surface area (Å²) in [7, 11) is 1.40. The van der Waals surface area contributed by atoms with E-state index in [4.69, 9.17) is 33.0 Å². The molecular weight excluding hydrogens is 323 g/mol. The van der Waals surface area contributed by atoms with Crippen LogP contribution in [0, 0.1) is 0 Å². The van der Waals surface area contributed by atoms with Crippen molar-refractivity contribution in [1.82, 2.24) is 5.32 Å². The predicted octanol–water partition coefficient (Wildman–Crippen LogP) is 1.96. The largest absolute Gasteiger partial charge is 0.494 e. The molecule has 0 spiro atoms. The first-order valence-corrected chi connectivity index (χ1v) is 6.46. The molecule has 7 nitrogen and oxygen atoms in total. The number of anilines is 1. The van der Waals surface area contributed by atoms with Gasteiger partial charge >= 0.3 is 12.0 Å². The van der Waals surface area contributed by atoms with Crippen molar-refractivity contribution in [3.63, 3.8) is 0 Å². The zero-order valence-corrected chi connectivity index (χ0v) is 12.7. The summed E-state index contributed by atoms with van der Waals surface area (Å²) in [5, 5.41) is 23.2. The summed E-state index contributed by atoms with van der Waals surface area (Å²) in [5.41, 5.74) is -1.77. The molecule has 0 saturated heterocycles. The van der Waals surface area contributed by atoms with Gasteiger partial charge in [-0.15, -0.1) is 0 Å². The average Bonchev–Trinajstić information content (AvgIpc) is 2.36. The number of urea groups is 1. The van der Waals surface area contributed by atoms with Crippen LogP contribution in [0.4, 0.5) is 10.5 Å². The zero-order valence-electron chi connectivity index (χ0n) is 11.2. The van der Waals surface area contributed by atoms with E-state index in [0.29, 0.717) is 5.69 Å². The van der Waals surface area contributed by atoms with Crippen LogP contribution in [0.25, 0.3) is 0 Å². The second-order valence-electron chi connectivity index (χ2n) is 4.36. The van der Waals surface area contributed by atoms with E-state index in [9.17, 15) is 14.7 Å². The molecule has 0 heterocycles. The number of benzene rings is 1. The van der Waals surface area contributed by atoms with Gasteiger partial charge in [-0.1, -0.05) is 23.2 Å². The van der Waals surface area contributed by atoms with E-state index in [1.165, 1.54) is 19.2 Å². The molecule has 1 rings (SSSR count). The Bertz CT molecular complexity index is 540. The second kappa shape index (κ2) is 6.84. The van der Waals surface area contributed by atoms with Gasteiger partial charge in [-0.2, -0.15) is 0 Å². The first kappa shape index (κ1) is 17.4. The van der Waals surface area contributed by atoms with Crippen molar-refractivity contribution in [2.24, 2.45) is 0 Å². The highest BCUT2D eigenvalue weighted by molar-refractivity contribution is 6.37. The van der Waals surface area contributed by atoms with Crippen LogP contribution in [0.15, 0.2) is 12.1 Å². The van der Waals surface area contributed by atoms with Crippen LogP contribution in [0.3, 0.4) is 0 Å². The first-order chi connectivity index (χ1) is 9.67. The average molecular weight is 337 g/mol. The van der Waals surface area contributed by atoms with Crippen molar-refractivity contribution in [3.05, 3.63) is 22.2 Å². The maximum absolute atomic E-state index is 11.6. The molecule has 0 saturated carbocycles. The van der Waals surface area contributed by atoms with Crippen molar-refractivity contribution < 1.29 is 24.5 Å². The lowest BCUT2D eigenvalue weighted by Gasteiger charge is -2.18. The quantitative estimate of drug-likeness (QED) is 0.657. The van der Waals surface area contributed by atoms with Crippen LogP contribution in [0.2, 0.25) is 10.0 Å². The number of halogens is 2. The topological polar surface area (TPSA) is 108 Å². The Morgan fingerprint density at radius 2 is 1.86 bits per heavy atom. The number of carbonyl (C=O) groups is 2. The Kier molecular flexibility index (Phi) is 5.65. The molecule has 0 aliphatic carbocycles. The van der Waals surface area contributed by atoms with Gasteiger partial charge in [0.2, 0.25) is 0 Å². The van der Waals surface area contributed by atoms with Crippen LogP contribution in [0.5, 0.6) is 5.75 Å². The van der Waals surface area contributed by atoms with Gasteiger partial charge in [0, 0.05) is 5.69 Å². The fourth-order valence-corrected chi connectivity index (χ4v) is 1.97. The smallest absolute Gasteiger partial charge is 0.337 e. The number of methoxy groups -OCH3 is 1. The van der Waals surface area contributed by atoms with Gasteiger partial charge in [0.25, 0.3) is 0 Å². The third-order valence-electron chi connectivity index (χ3n) is 2.51. The summed E-state index contributed by atoms with van der Waals surface area (Å²) in [4.78, 5) is 22.3. The highest BCUT2D eigenvalue weighted by atomic mass is 35.5. The molecule has 0 aromatic heterocycles. The van der Waals surface area contributed by atoms with Crippen molar-refractivity contribution in [2.45, 2.75) is 12.5 Å². The SMILES string of the molecule is COc1c(Cl)cc(NC(=O)NCC(C)(O)C(=O)O)cc1Cl. The van der Waals surface area contributed by atoms with E-state index < -0.39 is 24.1 Å². The molecule has 1 atom stereocenters. The number of carboxylic acids is 1. The number of carbonyl (C=O) groups excluding carboxylic acids is 1. The summed E-state index contributed by atoms with van der Waals surface area (Å²) < 4.78 is 4.96. The van der Waals surface area contributed by atoms with Gasteiger partial charge in [0.1, 0.15) is 0 Å². The number of ether oxygens (including phenoxy) is 1. The molecule has 21 heavy (non-hydrogen) atoms. The minimum absolute atomic E-state index is 0.206. The molecular formula is C12H14Cl2N2O5. The molecule has 0 fully saturated rings. The fraction of sp³-hybridized carbons (Fsp3) is 0.333. The lowest BCUT2D eigenvalue weighted by Crippen LogP contribution is -2.47. The monoisotopic (exact) mass is 336 g/mol. The second-order valence-corrected chi connectivity index (χ2v) is 5.17. The summed E-state index contributed by atoms with van der Waals surface area (Å²) >= 11 is 11.8. The van der Waals surface area contributed by atoms with Gasteiger partial charge in [0.15, 0.2) is 11.4 Å². The van der Waals surface area contributed by atoms with E-state index in [1.807, 2.05) is 0 Å². The van der Waals surface area contributed by atoms with Crippen molar-refractivity contribution in [1.29, 1.82) is 0 Å². The molecule has 4 N–H and O–H groups in total. The molecule has 1 unspecified atom stereocenters. The molecule has 1 aromatic rings. The molecule has 0 aliphatic rings. The number of nitrogens with one attached hydrogen (secondary N) is 2. The maximum Gasteiger partial charge on any atom is 0.337 e. The van der Waals surface area contributed by atoms with E-state index in [2.05, 4.69) is 10.6 Å². The Morgan fingerprint density at radius 3 is 2.29 bits per heavy atom. The Balaban J connectivity index is 2.70. The van der Waals surface area contributed by atoms with Crippen molar-refractivity contribution in [2.75, 3.05) is 19.0 Å². The standard InChI is InChI=1S/C12H14Cl2N2O5/c1-12(20,10(17)18)5-15-11(19)16-6-3-7(13)9(21-2)8(14)4-6/h3-4,20H,5H2,1-2H3,(H,17,18)(H2,15,16,19). The normalized spacial score (nSPS) is 13.2. The minimum atomic E-state index is -2.06. The van der Waals surface area contributed by atoms with Crippen LogP contribution in [-0.2, 0) is 4.79 Å². The third kappa shape index (κ3) is 4.66. The Morgan fingerprint density at radius 1 is 1.33 bits per heavy atom. The lowest BCUT2D eigenvalue weighted by molar-refractivity contribution is -0.155. The Hall–Kier alpha value is -1.70. The molecule has 1 aromatic carbocycles. The van der Waals surface area contributed by atoms with Crippen molar-refractivity contribution in [3.8, 4) is 5.75 Å². The maximum atomic E-state index is 11.6. The number of aliphatic carboxylic acids is 1. The van der Waals surface area contributed by atoms with Crippen LogP contribution in [0.1, 0.15) is 6.92 Å². The van der Waals surface area contributed by atoms with Crippen molar-refractivity contribution >= 4 is 40.9 Å². The number of rotatable bonds is 5. The predicted molar refractivity (Wildman–Crippen MR) is 78.3 cm³/mol. The van der Waals surface area contributed by atoms with E-state index in [1.54, 1.807) is 0 Å². The molecule has 0 bridgehead atoms. The molecule has 116 valence electrons. The number of hydrogen-bond donors (Lipinski definition) is 4. The van der Waals surface area contributed by atoms with Gasteiger partial charge < -0.3 is 25.6 Å². The zero-order chi connectivity index (χ0) is 16.2. The third-order valence-corrected chi connectivity index (χ3v) is 3.08. The van der Waals surface area contributed by atoms with Gasteiger partial charge in [-0.25, -0.2) is 9.59 Å². The molecule has 0 radical (unpaired) electrons. The fourth-order valence-electron chi connectivity index (χ4n) is 1.33. The molecule has 0 aliphatic heterocycles. The van der Waals surface area contributed by atoms with E-state index in [0.717, 1.165) is 6.92 Å². The summed E-state index contributed by atoms with van der Waals surface area (Å²) in [6.45, 7) is 0.600. The summed E-state index contributed by atoms with van der Waals surface area (Å²) in [6.07, 6.45) is 0. The van der Waals surface area contributed by atoms with E-state index >= 15 is 0 Å². The number of hydrogen-bond acceptors (Lipinski definition) is 4. The molecule has 2 amide bonds. The highest BCUT2D eigenvalue weighted by Gasteiger charge is 2.30. The Labute approximate surface area is 130 Å². The highest BCUT2D eigenvalue weighted by Crippen LogP contribution is 2.35. The number of carboxylic acid groups (broad SMARTS) is 1. The van der Waals surface area contributed by atoms with Gasteiger partial charge in [-0.3, -0.25) is 0 Å². The van der Waals surface area contributed by atoms with Gasteiger partial charge in [-0.05, 0) is 19.1 Å². The summed E-state index contributed by atoms with van der Waals surface area (Å²) in [5.74, 6) is -1.17. The number of aliphatic hydroxyl groups is 1. The first-order valence-electron chi connectivity index (χ1n) is 5.71.